The van der Waals surface area contributed by atoms with Crippen molar-refractivity contribution in [1.82, 2.24) is 0 Å². The van der Waals surface area contributed by atoms with E-state index in [4.69, 9.17) is 10.5 Å². The van der Waals surface area contributed by atoms with Crippen LogP contribution in [0.2, 0.25) is 0 Å². The summed E-state index contributed by atoms with van der Waals surface area (Å²) < 4.78 is 0. The molecule has 0 radical (unpaired) electrons. The van der Waals surface area contributed by atoms with Crippen LogP contribution in [0.25, 0.3) is 0 Å². The molecule has 1 aromatic rings. The van der Waals surface area contributed by atoms with Gasteiger partial charge in [-0.05, 0) is 18.6 Å². The first-order chi connectivity index (χ1) is 7.83. The fourth-order valence-electron chi connectivity index (χ4n) is 1.55. The quantitative estimate of drug-likeness (QED) is 0.429. The first kappa shape index (κ1) is 12.1. The molecule has 0 aliphatic carbocycles. The van der Waals surface area contributed by atoms with Gasteiger partial charge in [-0.15, -0.1) is 0 Å². The summed E-state index contributed by atoms with van der Waals surface area (Å²) in [7, 11) is 0. The Morgan fingerprint density at radius 3 is 2.56 bits per heavy atom. The number of para-hydroxylation sites is 1. The van der Waals surface area contributed by atoms with Gasteiger partial charge in [-0.1, -0.05) is 31.9 Å². The Balaban J connectivity index is 2.80. The third-order valence-electron chi connectivity index (χ3n) is 2.42. The summed E-state index contributed by atoms with van der Waals surface area (Å²) in [6.07, 6.45) is 5.34. The summed E-state index contributed by atoms with van der Waals surface area (Å²) in [6.45, 7) is 2.81. The Morgan fingerprint density at radius 1 is 1.19 bits per heavy atom. The Kier molecular flexibility index (Phi) is 4.89. The SMILES string of the molecule is CCCCCN(C#N)c1ccccc1C#N. The number of hydrogen-bond acceptors (Lipinski definition) is 3. The zero-order valence-electron chi connectivity index (χ0n) is 9.48. The second kappa shape index (κ2) is 6.48. The van der Waals surface area contributed by atoms with Crippen molar-refractivity contribution in [2.45, 2.75) is 26.2 Å². The highest BCUT2D eigenvalue weighted by Crippen LogP contribution is 2.19. The van der Waals surface area contributed by atoms with Crippen LogP contribution in [0.1, 0.15) is 31.7 Å². The van der Waals surface area contributed by atoms with Gasteiger partial charge in [-0.25, -0.2) is 0 Å². The molecule has 0 spiro atoms. The zero-order chi connectivity index (χ0) is 11.8. The molecule has 0 atom stereocenters. The highest BCUT2D eigenvalue weighted by atomic mass is 15.1. The van der Waals surface area contributed by atoms with Crippen molar-refractivity contribution in [3.8, 4) is 12.3 Å². The van der Waals surface area contributed by atoms with Crippen molar-refractivity contribution in [2.75, 3.05) is 11.4 Å². The number of nitrogens with zero attached hydrogens (tertiary/aromatic N) is 3. The van der Waals surface area contributed by atoms with Gasteiger partial charge in [-0.3, -0.25) is 4.90 Å². The normalized spacial score (nSPS) is 9.19. The van der Waals surface area contributed by atoms with E-state index in [9.17, 15) is 0 Å². The Bertz CT molecular complexity index is 412. The van der Waals surface area contributed by atoms with Crippen molar-refractivity contribution >= 4 is 5.69 Å². The van der Waals surface area contributed by atoms with Crippen molar-refractivity contribution in [3.63, 3.8) is 0 Å². The second-order valence-corrected chi connectivity index (χ2v) is 3.59. The van der Waals surface area contributed by atoms with Gasteiger partial charge in [0.15, 0.2) is 6.19 Å². The Labute approximate surface area is 96.5 Å². The summed E-state index contributed by atoms with van der Waals surface area (Å²) in [6, 6.07) is 9.31. The lowest BCUT2D eigenvalue weighted by Gasteiger charge is -2.16. The monoisotopic (exact) mass is 213 g/mol. The molecule has 0 aromatic heterocycles. The van der Waals surface area contributed by atoms with Gasteiger partial charge in [0.05, 0.1) is 11.3 Å². The number of anilines is 1. The molecule has 1 aromatic carbocycles. The largest absolute Gasteiger partial charge is 0.278 e. The molecule has 0 saturated carbocycles. The Morgan fingerprint density at radius 2 is 1.94 bits per heavy atom. The van der Waals surface area contributed by atoms with E-state index in [1.54, 1.807) is 11.0 Å². The average molecular weight is 213 g/mol. The molecule has 0 fully saturated rings. The van der Waals surface area contributed by atoms with Crippen LogP contribution >= 0.6 is 0 Å². The van der Waals surface area contributed by atoms with Crippen molar-refractivity contribution in [3.05, 3.63) is 29.8 Å². The van der Waals surface area contributed by atoms with E-state index in [1.807, 2.05) is 18.2 Å². The van der Waals surface area contributed by atoms with E-state index < -0.39 is 0 Å². The summed E-state index contributed by atoms with van der Waals surface area (Å²) >= 11 is 0. The minimum absolute atomic E-state index is 0.556. The number of hydrogen-bond donors (Lipinski definition) is 0. The molecule has 0 amide bonds. The van der Waals surface area contributed by atoms with E-state index in [-0.39, 0.29) is 0 Å². The number of nitriles is 2. The molecule has 0 aliphatic rings. The maximum Gasteiger partial charge on any atom is 0.184 e. The van der Waals surface area contributed by atoms with E-state index in [0.29, 0.717) is 17.8 Å². The Hall–Kier alpha value is -2.00. The summed E-state index contributed by atoms with van der Waals surface area (Å²) in [5.41, 5.74) is 1.27. The van der Waals surface area contributed by atoms with Gasteiger partial charge in [-0.2, -0.15) is 10.5 Å². The molecule has 1 rings (SSSR count). The van der Waals surface area contributed by atoms with Crippen LogP contribution in [-0.2, 0) is 0 Å². The van der Waals surface area contributed by atoms with Gasteiger partial charge in [0.1, 0.15) is 6.07 Å². The number of rotatable bonds is 5. The second-order valence-electron chi connectivity index (χ2n) is 3.59. The predicted octanol–water partition coefficient (Wildman–Crippen LogP) is 3.04. The summed E-state index contributed by atoms with van der Waals surface area (Å²) in [5, 5.41) is 18.0. The first-order valence-corrected chi connectivity index (χ1v) is 5.50. The minimum Gasteiger partial charge on any atom is -0.278 e. The molecular formula is C13H15N3. The zero-order valence-corrected chi connectivity index (χ0v) is 9.48. The van der Waals surface area contributed by atoms with E-state index >= 15 is 0 Å². The van der Waals surface area contributed by atoms with Crippen LogP contribution < -0.4 is 4.90 Å². The van der Waals surface area contributed by atoms with E-state index in [0.717, 1.165) is 19.3 Å². The van der Waals surface area contributed by atoms with Gasteiger partial charge in [0.25, 0.3) is 0 Å². The lowest BCUT2D eigenvalue weighted by molar-refractivity contribution is 0.717. The summed E-state index contributed by atoms with van der Waals surface area (Å²) in [5.74, 6) is 0. The minimum atomic E-state index is 0.556. The molecule has 0 bridgehead atoms. The lowest BCUT2D eigenvalue weighted by atomic mass is 10.1. The van der Waals surface area contributed by atoms with Crippen molar-refractivity contribution < 1.29 is 0 Å². The van der Waals surface area contributed by atoms with Crippen LogP contribution in [0, 0.1) is 22.8 Å². The standard InChI is InChI=1S/C13H15N3/c1-2-3-6-9-16(11-15)13-8-5-4-7-12(13)10-14/h4-5,7-8H,2-3,6,9H2,1H3. The van der Waals surface area contributed by atoms with Crippen LogP contribution in [-0.4, -0.2) is 6.54 Å². The lowest BCUT2D eigenvalue weighted by Crippen LogP contribution is -2.18. The van der Waals surface area contributed by atoms with E-state index in [1.165, 1.54) is 0 Å². The van der Waals surface area contributed by atoms with Crippen molar-refractivity contribution in [2.24, 2.45) is 0 Å². The third kappa shape index (κ3) is 3.00. The van der Waals surface area contributed by atoms with Crippen LogP contribution in [0.15, 0.2) is 24.3 Å². The van der Waals surface area contributed by atoms with Gasteiger partial charge >= 0.3 is 0 Å². The fourth-order valence-corrected chi connectivity index (χ4v) is 1.55. The highest BCUT2D eigenvalue weighted by Gasteiger charge is 2.09. The molecule has 16 heavy (non-hydrogen) atoms. The summed E-state index contributed by atoms with van der Waals surface area (Å²) in [4.78, 5) is 1.59. The number of benzene rings is 1. The van der Waals surface area contributed by atoms with Gasteiger partial charge in [0, 0.05) is 6.54 Å². The van der Waals surface area contributed by atoms with Gasteiger partial charge < -0.3 is 0 Å². The molecule has 0 unspecified atom stereocenters. The molecular weight excluding hydrogens is 198 g/mol. The maximum atomic E-state index is 9.07. The molecule has 82 valence electrons. The van der Waals surface area contributed by atoms with Crippen molar-refractivity contribution in [1.29, 1.82) is 10.5 Å². The smallest absolute Gasteiger partial charge is 0.184 e. The molecule has 0 N–H and O–H groups in total. The number of unbranched alkanes of at least 4 members (excludes halogenated alkanes) is 2. The average Bonchev–Trinajstić information content (AvgIpc) is 2.35. The third-order valence-corrected chi connectivity index (χ3v) is 2.42. The predicted molar refractivity (Wildman–Crippen MR) is 63.6 cm³/mol. The molecule has 0 heterocycles. The van der Waals surface area contributed by atoms with Crippen LogP contribution in [0.5, 0.6) is 0 Å². The van der Waals surface area contributed by atoms with E-state index in [2.05, 4.69) is 19.2 Å². The molecule has 0 aliphatic heterocycles. The van der Waals surface area contributed by atoms with Gasteiger partial charge in [0.2, 0.25) is 0 Å². The first-order valence-electron chi connectivity index (χ1n) is 5.50. The van der Waals surface area contributed by atoms with Crippen LogP contribution in [0.4, 0.5) is 5.69 Å². The fraction of sp³-hybridized carbons (Fsp3) is 0.385. The topological polar surface area (TPSA) is 50.8 Å². The molecule has 3 nitrogen and oxygen atoms in total. The molecule has 3 heteroatoms. The highest BCUT2D eigenvalue weighted by molar-refractivity contribution is 5.61. The maximum absolute atomic E-state index is 9.07. The van der Waals surface area contributed by atoms with Crippen LogP contribution in [0.3, 0.4) is 0 Å². The molecule has 0 saturated heterocycles.